The van der Waals surface area contributed by atoms with Gasteiger partial charge in [-0.3, -0.25) is 4.79 Å². The first-order chi connectivity index (χ1) is 8.73. The van der Waals surface area contributed by atoms with Gasteiger partial charge in [0.25, 0.3) is 0 Å². The van der Waals surface area contributed by atoms with Gasteiger partial charge in [0.2, 0.25) is 5.91 Å². The minimum absolute atomic E-state index is 0.0211. The zero-order valence-electron chi connectivity index (χ0n) is 10.9. The third kappa shape index (κ3) is 2.37. The standard InChI is InChI=1S/C14H22N2O2/c15-11-14(7-3-1-2-4-8-14)13(18)16-9-5-6-12(16)10-17/h12,17H,1-10H2. The number of nitriles is 1. The van der Waals surface area contributed by atoms with E-state index in [4.69, 9.17) is 0 Å². The van der Waals surface area contributed by atoms with E-state index in [9.17, 15) is 15.2 Å². The molecule has 100 valence electrons. The van der Waals surface area contributed by atoms with Crippen LogP contribution in [-0.2, 0) is 4.79 Å². The van der Waals surface area contributed by atoms with Crippen LogP contribution >= 0.6 is 0 Å². The lowest BCUT2D eigenvalue weighted by molar-refractivity contribution is -0.141. The van der Waals surface area contributed by atoms with E-state index in [1.54, 1.807) is 4.90 Å². The number of aliphatic hydroxyl groups is 1. The fourth-order valence-corrected chi connectivity index (χ4v) is 3.27. The van der Waals surface area contributed by atoms with Crippen molar-refractivity contribution in [3.8, 4) is 6.07 Å². The molecule has 1 heterocycles. The average Bonchev–Trinajstić information content (AvgIpc) is 2.74. The van der Waals surface area contributed by atoms with Gasteiger partial charge in [-0.15, -0.1) is 0 Å². The second-order valence-electron chi connectivity index (χ2n) is 5.59. The quantitative estimate of drug-likeness (QED) is 0.760. The van der Waals surface area contributed by atoms with Crippen molar-refractivity contribution < 1.29 is 9.90 Å². The lowest BCUT2D eigenvalue weighted by Gasteiger charge is -2.32. The highest BCUT2D eigenvalue weighted by atomic mass is 16.3. The van der Waals surface area contributed by atoms with Gasteiger partial charge in [-0.1, -0.05) is 25.7 Å². The molecular formula is C14H22N2O2. The molecule has 1 aliphatic heterocycles. The summed E-state index contributed by atoms with van der Waals surface area (Å²) in [6.07, 6.45) is 7.38. The van der Waals surface area contributed by atoms with Crippen molar-refractivity contribution in [2.24, 2.45) is 5.41 Å². The smallest absolute Gasteiger partial charge is 0.243 e. The average molecular weight is 250 g/mol. The van der Waals surface area contributed by atoms with Gasteiger partial charge in [-0.05, 0) is 25.7 Å². The first-order valence-electron chi connectivity index (χ1n) is 7.07. The predicted molar refractivity (Wildman–Crippen MR) is 67.6 cm³/mol. The van der Waals surface area contributed by atoms with Crippen LogP contribution in [0.4, 0.5) is 0 Å². The molecule has 1 saturated carbocycles. The normalized spacial score (nSPS) is 27.6. The van der Waals surface area contributed by atoms with Gasteiger partial charge in [0, 0.05) is 6.54 Å². The van der Waals surface area contributed by atoms with Gasteiger partial charge in [0.15, 0.2) is 0 Å². The molecule has 4 nitrogen and oxygen atoms in total. The lowest BCUT2D eigenvalue weighted by atomic mass is 9.80. The maximum atomic E-state index is 12.7. The highest BCUT2D eigenvalue weighted by Crippen LogP contribution is 2.37. The summed E-state index contributed by atoms with van der Waals surface area (Å²) in [7, 11) is 0. The molecule has 1 N–H and O–H groups in total. The Morgan fingerprint density at radius 1 is 1.28 bits per heavy atom. The van der Waals surface area contributed by atoms with Gasteiger partial charge in [-0.25, -0.2) is 0 Å². The van der Waals surface area contributed by atoms with E-state index in [0.29, 0.717) is 19.4 Å². The van der Waals surface area contributed by atoms with Gasteiger partial charge in [0.1, 0.15) is 5.41 Å². The first-order valence-corrected chi connectivity index (χ1v) is 7.07. The highest BCUT2D eigenvalue weighted by molar-refractivity contribution is 5.86. The van der Waals surface area contributed by atoms with E-state index >= 15 is 0 Å². The monoisotopic (exact) mass is 250 g/mol. The van der Waals surface area contributed by atoms with Crippen LogP contribution in [0.5, 0.6) is 0 Å². The summed E-state index contributed by atoms with van der Waals surface area (Å²) in [4.78, 5) is 14.4. The molecule has 2 fully saturated rings. The summed E-state index contributed by atoms with van der Waals surface area (Å²) in [6, 6.07) is 2.24. The van der Waals surface area contributed by atoms with Crippen LogP contribution in [0, 0.1) is 16.7 Å². The maximum absolute atomic E-state index is 12.7. The molecule has 0 aromatic carbocycles. The number of hydrogen-bond donors (Lipinski definition) is 1. The summed E-state index contributed by atoms with van der Waals surface area (Å²) in [5.74, 6) is -0.0246. The van der Waals surface area contributed by atoms with E-state index in [-0.39, 0.29) is 18.6 Å². The topological polar surface area (TPSA) is 64.3 Å². The van der Waals surface area contributed by atoms with Crippen molar-refractivity contribution in [1.82, 2.24) is 4.90 Å². The third-order valence-corrected chi connectivity index (χ3v) is 4.43. The van der Waals surface area contributed by atoms with Gasteiger partial charge < -0.3 is 10.0 Å². The van der Waals surface area contributed by atoms with Crippen LogP contribution in [0.3, 0.4) is 0 Å². The second-order valence-corrected chi connectivity index (χ2v) is 5.59. The number of nitrogens with zero attached hydrogens (tertiary/aromatic N) is 2. The fraction of sp³-hybridized carbons (Fsp3) is 0.857. The Morgan fingerprint density at radius 3 is 2.50 bits per heavy atom. The van der Waals surface area contributed by atoms with Gasteiger partial charge in [0.05, 0.1) is 18.7 Å². The van der Waals surface area contributed by atoms with Crippen molar-refractivity contribution in [3.05, 3.63) is 0 Å². The number of aliphatic hydroxyl groups excluding tert-OH is 1. The molecular weight excluding hydrogens is 228 g/mol. The molecule has 18 heavy (non-hydrogen) atoms. The second kappa shape index (κ2) is 5.71. The third-order valence-electron chi connectivity index (χ3n) is 4.43. The minimum Gasteiger partial charge on any atom is -0.394 e. The number of hydrogen-bond acceptors (Lipinski definition) is 3. The van der Waals surface area contributed by atoms with E-state index in [0.717, 1.165) is 38.5 Å². The summed E-state index contributed by atoms with van der Waals surface area (Å²) >= 11 is 0. The van der Waals surface area contributed by atoms with E-state index in [2.05, 4.69) is 6.07 Å². The van der Waals surface area contributed by atoms with Crippen LogP contribution in [0.1, 0.15) is 51.4 Å². The largest absolute Gasteiger partial charge is 0.394 e. The Kier molecular flexibility index (Phi) is 4.23. The SMILES string of the molecule is N#CC1(C(=O)N2CCCC2CO)CCCCCC1. The fourth-order valence-electron chi connectivity index (χ4n) is 3.27. The molecule has 1 saturated heterocycles. The molecule has 0 radical (unpaired) electrons. The van der Waals surface area contributed by atoms with E-state index in [1.165, 1.54) is 0 Å². The number of amides is 1. The Labute approximate surface area is 109 Å². The van der Waals surface area contributed by atoms with Crippen molar-refractivity contribution in [1.29, 1.82) is 5.26 Å². The van der Waals surface area contributed by atoms with Crippen LogP contribution in [0.2, 0.25) is 0 Å². The van der Waals surface area contributed by atoms with Crippen molar-refractivity contribution >= 4 is 5.91 Å². The van der Waals surface area contributed by atoms with Crippen molar-refractivity contribution in [3.63, 3.8) is 0 Å². The Morgan fingerprint density at radius 2 is 1.94 bits per heavy atom. The molecule has 2 aliphatic rings. The predicted octanol–water partition coefficient (Wildman–Crippen LogP) is 1.83. The molecule has 0 spiro atoms. The number of rotatable bonds is 2. The summed E-state index contributed by atoms with van der Waals surface area (Å²) in [6.45, 7) is 0.723. The Hall–Kier alpha value is -1.08. The zero-order chi connectivity index (χ0) is 13.0. The molecule has 1 unspecified atom stereocenters. The van der Waals surface area contributed by atoms with Crippen molar-refractivity contribution in [2.75, 3.05) is 13.2 Å². The Balaban J connectivity index is 2.16. The summed E-state index contributed by atoms with van der Waals surface area (Å²) in [5.41, 5.74) is -0.811. The van der Waals surface area contributed by atoms with Crippen molar-refractivity contribution in [2.45, 2.75) is 57.4 Å². The molecule has 1 aliphatic carbocycles. The molecule has 2 rings (SSSR count). The molecule has 4 heteroatoms. The van der Waals surface area contributed by atoms with Crippen LogP contribution < -0.4 is 0 Å². The van der Waals surface area contributed by atoms with E-state index < -0.39 is 5.41 Å². The zero-order valence-corrected chi connectivity index (χ0v) is 10.9. The molecule has 0 aromatic heterocycles. The van der Waals surface area contributed by atoms with Crippen LogP contribution in [0.15, 0.2) is 0 Å². The number of likely N-dealkylation sites (tertiary alicyclic amines) is 1. The first kappa shape index (κ1) is 13.4. The van der Waals surface area contributed by atoms with Gasteiger partial charge in [-0.2, -0.15) is 5.26 Å². The lowest BCUT2D eigenvalue weighted by Crippen LogP contribution is -2.46. The summed E-state index contributed by atoms with van der Waals surface area (Å²) in [5, 5.41) is 18.8. The maximum Gasteiger partial charge on any atom is 0.243 e. The molecule has 0 aromatic rings. The highest BCUT2D eigenvalue weighted by Gasteiger charge is 2.44. The molecule has 1 amide bonds. The number of carbonyl (C=O) groups is 1. The van der Waals surface area contributed by atoms with E-state index in [1.807, 2.05) is 0 Å². The summed E-state index contributed by atoms with van der Waals surface area (Å²) < 4.78 is 0. The number of carbonyl (C=O) groups excluding carboxylic acids is 1. The molecule has 1 atom stereocenters. The van der Waals surface area contributed by atoms with Crippen LogP contribution in [0.25, 0.3) is 0 Å². The minimum atomic E-state index is -0.811. The Bertz CT molecular complexity index is 340. The van der Waals surface area contributed by atoms with Gasteiger partial charge >= 0.3 is 0 Å². The van der Waals surface area contributed by atoms with Crippen LogP contribution in [-0.4, -0.2) is 35.1 Å². The molecule has 0 bridgehead atoms.